The number of nitrogens with zero attached hydrogens (tertiary/aromatic N) is 2. The van der Waals surface area contributed by atoms with Crippen molar-refractivity contribution >= 4 is 17.4 Å². The molecule has 37 heavy (non-hydrogen) atoms. The van der Waals surface area contributed by atoms with E-state index in [2.05, 4.69) is 4.90 Å². The quantitative estimate of drug-likeness (QED) is 0.296. The van der Waals surface area contributed by atoms with Gasteiger partial charge in [0.2, 0.25) is 0 Å². The Labute approximate surface area is 217 Å². The highest BCUT2D eigenvalue weighted by Gasteiger charge is 2.47. The second-order valence-corrected chi connectivity index (χ2v) is 8.87. The fraction of sp³-hybridized carbons (Fsp3) is 0.429. The van der Waals surface area contributed by atoms with Gasteiger partial charge in [0, 0.05) is 37.3 Å². The Bertz CT molecular complexity index is 1140. The van der Waals surface area contributed by atoms with Gasteiger partial charge >= 0.3 is 0 Å². The Hall–Kier alpha value is -3.56. The monoisotopic (exact) mass is 510 g/mol. The van der Waals surface area contributed by atoms with Crippen LogP contribution in [0.4, 0.5) is 0 Å². The van der Waals surface area contributed by atoms with Crippen molar-refractivity contribution in [3.8, 4) is 17.2 Å². The van der Waals surface area contributed by atoms with Gasteiger partial charge in [-0.15, -0.1) is 0 Å². The van der Waals surface area contributed by atoms with Crippen LogP contribution >= 0.6 is 0 Å². The molecule has 2 heterocycles. The number of carbonyl (C=O) groups excluding carboxylic acids is 2. The minimum Gasteiger partial charge on any atom is -0.507 e. The van der Waals surface area contributed by atoms with Crippen LogP contribution in [0.5, 0.6) is 17.2 Å². The number of likely N-dealkylation sites (tertiary alicyclic amines) is 1. The van der Waals surface area contributed by atoms with Gasteiger partial charge < -0.3 is 29.0 Å². The van der Waals surface area contributed by atoms with Gasteiger partial charge in [0.15, 0.2) is 0 Å². The minimum absolute atomic E-state index is 0.0204. The van der Waals surface area contributed by atoms with Crippen molar-refractivity contribution in [3.05, 3.63) is 59.2 Å². The second kappa shape index (κ2) is 12.1. The second-order valence-electron chi connectivity index (χ2n) is 8.87. The molecular formula is C28H34N2O7. The lowest BCUT2D eigenvalue weighted by atomic mass is 9.94. The molecular weight excluding hydrogens is 476 g/mol. The summed E-state index contributed by atoms with van der Waals surface area (Å²) in [5.41, 5.74) is 1.01. The number of hydrogen-bond acceptors (Lipinski definition) is 8. The molecule has 1 amide bonds. The smallest absolute Gasteiger partial charge is 0.295 e. The van der Waals surface area contributed by atoms with Gasteiger partial charge in [-0.25, -0.2) is 0 Å². The van der Waals surface area contributed by atoms with Gasteiger partial charge in [0.05, 0.1) is 45.7 Å². The normalized spacial score (nSPS) is 19.8. The number of ketones is 1. The first-order valence-corrected chi connectivity index (χ1v) is 12.5. The van der Waals surface area contributed by atoms with E-state index in [1.165, 1.54) is 12.0 Å². The molecule has 1 N–H and O–H groups in total. The Balaban J connectivity index is 1.73. The number of aliphatic hydroxyl groups is 1. The van der Waals surface area contributed by atoms with E-state index >= 15 is 0 Å². The van der Waals surface area contributed by atoms with Gasteiger partial charge in [-0.1, -0.05) is 0 Å². The first-order valence-electron chi connectivity index (χ1n) is 12.5. The van der Waals surface area contributed by atoms with Crippen LogP contribution in [0.25, 0.3) is 5.76 Å². The first kappa shape index (κ1) is 26.5. The van der Waals surface area contributed by atoms with E-state index in [0.29, 0.717) is 61.2 Å². The number of ether oxygens (including phenoxy) is 4. The zero-order valence-corrected chi connectivity index (χ0v) is 21.6. The number of Topliss-reactive ketones (excluding diaryl/α,β-unsaturated/α-hetero) is 1. The van der Waals surface area contributed by atoms with Crippen molar-refractivity contribution < 1.29 is 33.6 Å². The molecule has 2 aromatic rings. The topological polar surface area (TPSA) is 97.8 Å². The lowest BCUT2D eigenvalue weighted by Crippen LogP contribution is -2.39. The summed E-state index contributed by atoms with van der Waals surface area (Å²) in [6.45, 7) is 6.56. The zero-order valence-electron chi connectivity index (χ0n) is 21.6. The Morgan fingerprint density at radius 2 is 1.70 bits per heavy atom. The van der Waals surface area contributed by atoms with E-state index in [9.17, 15) is 14.7 Å². The molecule has 0 unspecified atom stereocenters. The van der Waals surface area contributed by atoms with Gasteiger partial charge in [0.25, 0.3) is 11.7 Å². The maximum absolute atomic E-state index is 13.4. The highest BCUT2D eigenvalue weighted by Crippen LogP contribution is 2.44. The molecule has 2 aliphatic heterocycles. The minimum atomic E-state index is -0.832. The van der Waals surface area contributed by atoms with Crippen molar-refractivity contribution in [2.45, 2.75) is 19.4 Å². The van der Waals surface area contributed by atoms with Crippen LogP contribution in [0.15, 0.2) is 48.0 Å². The molecule has 198 valence electrons. The summed E-state index contributed by atoms with van der Waals surface area (Å²) in [4.78, 5) is 30.5. The molecule has 0 aliphatic carbocycles. The number of hydrogen-bond donors (Lipinski definition) is 1. The molecule has 0 bridgehead atoms. The molecule has 2 fully saturated rings. The number of carbonyl (C=O) groups is 2. The van der Waals surface area contributed by atoms with E-state index in [1.54, 1.807) is 49.6 Å². The number of benzene rings is 2. The van der Waals surface area contributed by atoms with Crippen LogP contribution in [-0.4, -0.2) is 86.8 Å². The average molecular weight is 511 g/mol. The predicted octanol–water partition coefficient (Wildman–Crippen LogP) is 3.25. The van der Waals surface area contributed by atoms with E-state index < -0.39 is 17.7 Å². The van der Waals surface area contributed by atoms with Gasteiger partial charge in [-0.2, -0.15) is 0 Å². The van der Waals surface area contributed by atoms with Crippen molar-refractivity contribution in [3.63, 3.8) is 0 Å². The number of amides is 1. The molecule has 2 aliphatic rings. The molecule has 0 spiro atoms. The molecule has 2 saturated heterocycles. The lowest BCUT2D eigenvalue weighted by molar-refractivity contribution is -0.140. The standard InChI is InChI=1S/C28H34N2O7/c1-4-37-20-8-6-19(7-9-20)26(31)24-25(22-18-21(34-2)10-11-23(22)35-3)30(28(33)27(24)32)13-5-12-29-14-16-36-17-15-29/h6-11,18,25,31H,4-5,12-17H2,1-3H3/b26-24+/t25-/m1/s1. The lowest BCUT2D eigenvalue weighted by Gasteiger charge is -2.29. The Morgan fingerprint density at radius 3 is 2.35 bits per heavy atom. The van der Waals surface area contributed by atoms with Crippen LogP contribution < -0.4 is 14.2 Å². The predicted molar refractivity (Wildman–Crippen MR) is 138 cm³/mol. The van der Waals surface area contributed by atoms with E-state index in [1.807, 2.05) is 6.92 Å². The van der Waals surface area contributed by atoms with Gasteiger partial charge in [0.1, 0.15) is 23.0 Å². The summed E-state index contributed by atoms with van der Waals surface area (Å²) < 4.78 is 21.9. The van der Waals surface area contributed by atoms with Crippen LogP contribution in [-0.2, 0) is 14.3 Å². The third-order valence-corrected chi connectivity index (χ3v) is 6.69. The third-order valence-electron chi connectivity index (χ3n) is 6.69. The summed E-state index contributed by atoms with van der Waals surface area (Å²) in [6, 6.07) is 11.2. The Morgan fingerprint density at radius 1 is 1.00 bits per heavy atom. The average Bonchev–Trinajstić information content (AvgIpc) is 3.18. The Kier molecular flexibility index (Phi) is 8.68. The van der Waals surface area contributed by atoms with Gasteiger partial charge in [-0.3, -0.25) is 14.5 Å². The largest absolute Gasteiger partial charge is 0.507 e. The van der Waals surface area contributed by atoms with Crippen molar-refractivity contribution in [1.82, 2.24) is 9.80 Å². The molecule has 9 nitrogen and oxygen atoms in total. The van der Waals surface area contributed by atoms with Gasteiger partial charge in [-0.05, 0) is 55.8 Å². The zero-order chi connectivity index (χ0) is 26.4. The van der Waals surface area contributed by atoms with Crippen molar-refractivity contribution in [2.75, 3.05) is 60.2 Å². The van der Waals surface area contributed by atoms with E-state index in [4.69, 9.17) is 18.9 Å². The number of morpholine rings is 1. The van der Waals surface area contributed by atoms with Crippen LogP contribution in [0.2, 0.25) is 0 Å². The van der Waals surface area contributed by atoms with Crippen molar-refractivity contribution in [2.24, 2.45) is 0 Å². The third kappa shape index (κ3) is 5.73. The number of methoxy groups -OCH3 is 2. The maximum Gasteiger partial charge on any atom is 0.295 e. The molecule has 1 atom stereocenters. The number of rotatable bonds is 10. The molecule has 0 radical (unpaired) electrons. The van der Waals surface area contributed by atoms with Crippen LogP contribution in [0.1, 0.15) is 30.5 Å². The highest BCUT2D eigenvalue weighted by molar-refractivity contribution is 6.46. The summed E-state index contributed by atoms with van der Waals surface area (Å²) in [6.07, 6.45) is 0.666. The maximum atomic E-state index is 13.4. The number of aliphatic hydroxyl groups excluding tert-OH is 1. The van der Waals surface area contributed by atoms with Crippen molar-refractivity contribution in [1.29, 1.82) is 0 Å². The van der Waals surface area contributed by atoms with Crippen LogP contribution in [0.3, 0.4) is 0 Å². The molecule has 0 aromatic heterocycles. The summed E-state index contributed by atoms with van der Waals surface area (Å²) in [5, 5.41) is 11.3. The summed E-state index contributed by atoms with van der Waals surface area (Å²) >= 11 is 0. The first-order chi connectivity index (χ1) is 18.0. The molecule has 4 rings (SSSR count). The summed E-state index contributed by atoms with van der Waals surface area (Å²) in [5.74, 6) is 0.0665. The molecule has 0 saturated carbocycles. The van der Waals surface area contributed by atoms with E-state index in [-0.39, 0.29) is 11.3 Å². The highest BCUT2D eigenvalue weighted by atomic mass is 16.5. The molecule has 2 aromatic carbocycles. The van der Waals surface area contributed by atoms with E-state index in [0.717, 1.165) is 19.6 Å². The summed E-state index contributed by atoms with van der Waals surface area (Å²) in [7, 11) is 3.08. The molecule has 9 heteroatoms. The SMILES string of the molecule is CCOc1ccc(/C(O)=C2\C(=O)C(=O)N(CCCN3CCOCC3)[C@@H]2c2cc(OC)ccc2OC)cc1. The van der Waals surface area contributed by atoms with Crippen LogP contribution in [0, 0.1) is 0 Å². The fourth-order valence-corrected chi connectivity index (χ4v) is 4.81. The fourth-order valence-electron chi connectivity index (χ4n) is 4.81.